The molecule has 0 unspecified atom stereocenters. The molecular weight excluding hydrogens is 264 g/mol. The highest BCUT2D eigenvalue weighted by atomic mass is 79.9. The highest BCUT2D eigenvalue weighted by Crippen LogP contribution is 2.27. The van der Waals surface area contributed by atoms with Crippen LogP contribution >= 0.6 is 27.5 Å². The van der Waals surface area contributed by atoms with Gasteiger partial charge in [0.05, 0.1) is 16.4 Å². The summed E-state index contributed by atoms with van der Waals surface area (Å²) in [4.78, 5) is 9.78. The molecule has 1 rings (SSSR count). The van der Waals surface area contributed by atoms with Gasteiger partial charge in [-0.05, 0) is 6.07 Å². The highest BCUT2D eigenvalue weighted by molar-refractivity contribution is 9.10. The van der Waals surface area contributed by atoms with Gasteiger partial charge in [-0.15, -0.1) is 11.6 Å². The number of hydrogen-bond acceptors (Lipinski definition) is 2. The maximum absolute atomic E-state index is 13.1. The molecule has 0 aliphatic rings. The van der Waals surface area contributed by atoms with E-state index in [-0.39, 0.29) is 17.1 Å². The number of alkyl halides is 1. The van der Waals surface area contributed by atoms with Gasteiger partial charge in [0, 0.05) is 10.5 Å². The summed E-state index contributed by atoms with van der Waals surface area (Å²) in [5.74, 6) is -0.883. The van der Waals surface area contributed by atoms with E-state index in [0.717, 1.165) is 6.07 Å². The average molecular weight is 268 g/mol. The third-order valence-corrected chi connectivity index (χ3v) is 2.19. The number of hydrogen-bond donors (Lipinski definition) is 0. The maximum Gasteiger partial charge on any atom is 0.277 e. The van der Waals surface area contributed by atoms with Gasteiger partial charge in [0.2, 0.25) is 0 Å². The highest BCUT2D eigenvalue weighted by Gasteiger charge is 2.18. The molecule has 6 heteroatoms. The molecule has 0 aliphatic heterocycles. The number of halogens is 3. The summed E-state index contributed by atoms with van der Waals surface area (Å²) in [5, 5.41) is 10.4. The van der Waals surface area contributed by atoms with Crippen molar-refractivity contribution < 1.29 is 9.31 Å². The van der Waals surface area contributed by atoms with Gasteiger partial charge >= 0.3 is 0 Å². The molecule has 3 nitrogen and oxygen atoms in total. The summed E-state index contributed by atoms with van der Waals surface area (Å²) >= 11 is 8.33. The van der Waals surface area contributed by atoms with Crippen molar-refractivity contribution in [1.29, 1.82) is 0 Å². The van der Waals surface area contributed by atoms with Crippen LogP contribution in [0.1, 0.15) is 5.56 Å². The monoisotopic (exact) mass is 267 g/mol. The molecule has 0 amide bonds. The van der Waals surface area contributed by atoms with Crippen molar-refractivity contribution in [3.05, 3.63) is 38.1 Å². The number of nitro benzene ring substituents is 1. The Morgan fingerprint density at radius 3 is 2.69 bits per heavy atom. The fourth-order valence-electron chi connectivity index (χ4n) is 0.885. The first-order valence-corrected chi connectivity index (χ1v) is 4.57. The van der Waals surface area contributed by atoms with Crippen LogP contribution < -0.4 is 0 Å². The van der Waals surface area contributed by atoms with Crippen LogP contribution in [0.25, 0.3) is 0 Å². The largest absolute Gasteiger partial charge is 0.277 e. The molecule has 0 saturated heterocycles. The van der Waals surface area contributed by atoms with E-state index in [2.05, 4.69) is 15.9 Å². The van der Waals surface area contributed by atoms with E-state index in [9.17, 15) is 14.5 Å². The lowest BCUT2D eigenvalue weighted by molar-refractivity contribution is -0.385. The SMILES string of the molecule is O=[N+]([O-])c1cc(Br)cc(F)c1CCl. The predicted octanol–water partition coefficient (Wildman–Crippen LogP) is 3.24. The van der Waals surface area contributed by atoms with Gasteiger partial charge in [0.25, 0.3) is 5.69 Å². The smallest absolute Gasteiger partial charge is 0.258 e. The Morgan fingerprint density at radius 1 is 1.62 bits per heavy atom. The summed E-state index contributed by atoms with van der Waals surface area (Å²) in [6.45, 7) is 0. The summed E-state index contributed by atoms with van der Waals surface area (Å²) in [6.07, 6.45) is 0. The maximum atomic E-state index is 13.1. The van der Waals surface area contributed by atoms with Gasteiger partial charge in [0.1, 0.15) is 5.82 Å². The molecule has 1 aromatic rings. The van der Waals surface area contributed by atoms with Crippen molar-refractivity contribution in [1.82, 2.24) is 0 Å². The van der Waals surface area contributed by atoms with Gasteiger partial charge in [0.15, 0.2) is 0 Å². The first-order valence-electron chi connectivity index (χ1n) is 3.24. The predicted molar refractivity (Wildman–Crippen MR) is 50.3 cm³/mol. The molecule has 0 saturated carbocycles. The summed E-state index contributed by atoms with van der Waals surface area (Å²) in [6, 6.07) is 2.37. The van der Waals surface area contributed by atoms with Crippen molar-refractivity contribution in [2.45, 2.75) is 5.88 Å². The molecule has 0 atom stereocenters. The minimum atomic E-state index is -0.670. The zero-order valence-electron chi connectivity index (χ0n) is 6.26. The molecular formula is C7H4BrClFNO2. The Balaban J connectivity index is 3.38. The molecule has 0 radical (unpaired) electrons. The van der Waals surface area contributed by atoms with Gasteiger partial charge in [-0.2, -0.15) is 0 Å². The zero-order chi connectivity index (χ0) is 10.0. The van der Waals surface area contributed by atoms with E-state index in [1.54, 1.807) is 0 Å². The average Bonchev–Trinajstić information content (AvgIpc) is 2.02. The number of nitro groups is 1. The summed E-state index contributed by atoms with van der Waals surface area (Å²) in [5.41, 5.74) is -0.392. The van der Waals surface area contributed by atoms with Crippen molar-refractivity contribution in [2.75, 3.05) is 0 Å². The third-order valence-electron chi connectivity index (χ3n) is 1.47. The van der Waals surface area contributed by atoms with Crippen LogP contribution in [0.4, 0.5) is 10.1 Å². The van der Waals surface area contributed by atoms with Crippen molar-refractivity contribution in [2.24, 2.45) is 0 Å². The third kappa shape index (κ3) is 2.16. The van der Waals surface area contributed by atoms with E-state index < -0.39 is 10.7 Å². The van der Waals surface area contributed by atoms with E-state index in [1.165, 1.54) is 6.07 Å². The van der Waals surface area contributed by atoms with Gasteiger partial charge in [-0.1, -0.05) is 15.9 Å². The zero-order valence-corrected chi connectivity index (χ0v) is 8.60. The lowest BCUT2D eigenvalue weighted by Gasteiger charge is -2.00. The topological polar surface area (TPSA) is 43.1 Å². The van der Waals surface area contributed by atoms with Crippen LogP contribution in [0.3, 0.4) is 0 Å². The van der Waals surface area contributed by atoms with E-state index in [1.807, 2.05) is 0 Å². The lowest BCUT2D eigenvalue weighted by atomic mass is 10.2. The molecule has 70 valence electrons. The molecule has 0 bridgehead atoms. The number of nitrogens with zero attached hydrogens (tertiary/aromatic N) is 1. The Labute approximate surface area is 86.8 Å². The van der Waals surface area contributed by atoms with Crippen molar-refractivity contribution in [3.8, 4) is 0 Å². The van der Waals surface area contributed by atoms with Crippen LogP contribution in [0.2, 0.25) is 0 Å². The second kappa shape index (κ2) is 4.02. The molecule has 0 fully saturated rings. The lowest BCUT2D eigenvalue weighted by Crippen LogP contribution is -1.96. The van der Waals surface area contributed by atoms with Gasteiger partial charge in [-0.25, -0.2) is 4.39 Å². The van der Waals surface area contributed by atoms with Crippen LogP contribution in [0.15, 0.2) is 16.6 Å². The first kappa shape index (κ1) is 10.4. The Hall–Kier alpha value is -0.680. The second-order valence-electron chi connectivity index (χ2n) is 2.28. The number of rotatable bonds is 2. The van der Waals surface area contributed by atoms with E-state index in [4.69, 9.17) is 11.6 Å². The second-order valence-corrected chi connectivity index (χ2v) is 3.46. The quantitative estimate of drug-likeness (QED) is 0.469. The van der Waals surface area contributed by atoms with Crippen molar-refractivity contribution in [3.63, 3.8) is 0 Å². The standard InChI is InChI=1S/C7H4BrClFNO2/c8-4-1-6(10)5(3-9)7(2-4)11(12)13/h1-2H,3H2. The minimum Gasteiger partial charge on any atom is -0.258 e. The Kier molecular flexibility index (Phi) is 3.22. The molecule has 0 aliphatic carbocycles. The minimum absolute atomic E-state index is 0.0881. The van der Waals surface area contributed by atoms with Crippen molar-refractivity contribution >= 4 is 33.2 Å². The normalized spacial score (nSPS) is 10.1. The van der Waals surface area contributed by atoms with Crippen LogP contribution in [0.5, 0.6) is 0 Å². The van der Waals surface area contributed by atoms with Crippen LogP contribution in [-0.4, -0.2) is 4.92 Å². The van der Waals surface area contributed by atoms with Crippen LogP contribution in [0, 0.1) is 15.9 Å². The molecule has 1 aromatic carbocycles. The molecule has 0 aromatic heterocycles. The van der Waals surface area contributed by atoms with Gasteiger partial charge < -0.3 is 0 Å². The fourth-order valence-corrected chi connectivity index (χ4v) is 1.57. The molecule has 13 heavy (non-hydrogen) atoms. The summed E-state index contributed by atoms with van der Waals surface area (Å²) < 4.78 is 13.4. The summed E-state index contributed by atoms with van der Waals surface area (Å²) in [7, 11) is 0. The van der Waals surface area contributed by atoms with Crippen LogP contribution in [-0.2, 0) is 5.88 Å². The van der Waals surface area contributed by atoms with E-state index >= 15 is 0 Å². The number of benzene rings is 1. The Bertz CT molecular complexity index is 359. The molecule has 0 heterocycles. The first-order chi connectivity index (χ1) is 6.06. The van der Waals surface area contributed by atoms with E-state index in [0.29, 0.717) is 4.47 Å². The fraction of sp³-hybridized carbons (Fsp3) is 0.143. The molecule has 0 N–H and O–H groups in total. The Morgan fingerprint density at radius 2 is 2.23 bits per heavy atom. The molecule has 0 spiro atoms. The van der Waals surface area contributed by atoms with Gasteiger partial charge in [-0.3, -0.25) is 10.1 Å².